The molecule has 1 heterocycles. The SMILES string of the molecule is CCC(C)C1CCCCN1C(=O)NC1CC(N(CC)CC(=O)O)C1. The van der Waals surface area contributed by atoms with Crippen LogP contribution in [0.25, 0.3) is 0 Å². The number of carboxylic acids is 1. The third kappa shape index (κ3) is 4.62. The molecule has 1 saturated heterocycles. The standard InChI is InChI=1S/C18H33N3O3/c1-4-13(3)16-8-6-7-9-21(16)18(24)19-14-10-15(11-14)20(5-2)12-17(22)23/h13-16H,4-12H2,1-3H3,(H,19,24)(H,22,23). The van der Waals surface area contributed by atoms with Gasteiger partial charge in [0.25, 0.3) is 0 Å². The fourth-order valence-corrected chi connectivity index (χ4v) is 4.01. The summed E-state index contributed by atoms with van der Waals surface area (Å²) in [6.45, 7) is 8.09. The molecule has 0 radical (unpaired) electrons. The van der Waals surface area contributed by atoms with E-state index in [9.17, 15) is 9.59 Å². The highest BCUT2D eigenvalue weighted by Gasteiger charge is 2.37. The zero-order chi connectivity index (χ0) is 17.7. The highest BCUT2D eigenvalue weighted by molar-refractivity contribution is 5.75. The predicted molar refractivity (Wildman–Crippen MR) is 94.0 cm³/mol. The van der Waals surface area contributed by atoms with Gasteiger partial charge in [0.15, 0.2) is 0 Å². The zero-order valence-electron chi connectivity index (χ0n) is 15.3. The van der Waals surface area contributed by atoms with Gasteiger partial charge >= 0.3 is 12.0 Å². The lowest BCUT2D eigenvalue weighted by Crippen LogP contribution is -2.59. The van der Waals surface area contributed by atoms with Crippen LogP contribution in [0.2, 0.25) is 0 Å². The summed E-state index contributed by atoms with van der Waals surface area (Å²) >= 11 is 0. The van der Waals surface area contributed by atoms with Crippen molar-refractivity contribution in [3.05, 3.63) is 0 Å². The summed E-state index contributed by atoms with van der Waals surface area (Å²) in [5.74, 6) is -0.245. The summed E-state index contributed by atoms with van der Waals surface area (Å²) in [4.78, 5) is 27.6. The maximum atomic E-state index is 12.7. The van der Waals surface area contributed by atoms with E-state index >= 15 is 0 Å². The molecule has 2 atom stereocenters. The average molecular weight is 339 g/mol. The minimum absolute atomic E-state index is 0.0738. The Hall–Kier alpha value is -1.30. The third-order valence-electron chi connectivity index (χ3n) is 5.81. The van der Waals surface area contributed by atoms with Gasteiger partial charge in [0.1, 0.15) is 0 Å². The van der Waals surface area contributed by atoms with Crippen molar-refractivity contribution in [1.29, 1.82) is 0 Å². The normalized spacial score (nSPS) is 28.3. The summed E-state index contributed by atoms with van der Waals surface area (Å²) in [5, 5.41) is 12.1. The van der Waals surface area contributed by atoms with Crippen molar-refractivity contribution in [2.45, 2.75) is 77.4 Å². The molecular formula is C18H33N3O3. The molecule has 0 bridgehead atoms. The molecule has 2 fully saturated rings. The summed E-state index contributed by atoms with van der Waals surface area (Å²) in [6, 6.07) is 0.900. The smallest absolute Gasteiger partial charge is 0.317 e. The Bertz CT molecular complexity index is 437. The Kier molecular flexibility index (Phi) is 6.90. The molecule has 2 amide bonds. The van der Waals surface area contributed by atoms with Gasteiger partial charge in [-0.25, -0.2) is 4.79 Å². The van der Waals surface area contributed by atoms with E-state index in [-0.39, 0.29) is 24.7 Å². The molecule has 0 aromatic rings. The predicted octanol–water partition coefficient (Wildman–Crippen LogP) is 2.53. The van der Waals surface area contributed by atoms with Crippen molar-refractivity contribution < 1.29 is 14.7 Å². The molecule has 0 spiro atoms. The third-order valence-corrected chi connectivity index (χ3v) is 5.81. The number of carbonyl (C=O) groups excluding carboxylic acids is 1. The fraction of sp³-hybridized carbons (Fsp3) is 0.889. The van der Waals surface area contributed by atoms with E-state index in [1.807, 2.05) is 16.7 Å². The monoisotopic (exact) mass is 339 g/mol. The first-order valence-corrected chi connectivity index (χ1v) is 9.49. The minimum Gasteiger partial charge on any atom is -0.480 e. The number of nitrogens with zero attached hydrogens (tertiary/aromatic N) is 2. The average Bonchev–Trinajstić information content (AvgIpc) is 2.54. The number of likely N-dealkylation sites (tertiary alicyclic amines) is 1. The maximum absolute atomic E-state index is 12.7. The summed E-state index contributed by atoms with van der Waals surface area (Å²) in [5.41, 5.74) is 0. The number of likely N-dealkylation sites (N-methyl/N-ethyl adjacent to an activating group) is 1. The van der Waals surface area contributed by atoms with E-state index in [4.69, 9.17) is 5.11 Å². The van der Waals surface area contributed by atoms with Crippen molar-refractivity contribution in [3.8, 4) is 0 Å². The molecule has 6 heteroatoms. The number of carboxylic acid groups (broad SMARTS) is 1. The highest BCUT2D eigenvalue weighted by Crippen LogP contribution is 2.28. The number of aliphatic carboxylic acids is 1. The second kappa shape index (κ2) is 8.70. The molecule has 2 N–H and O–H groups in total. The van der Waals surface area contributed by atoms with Crippen LogP contribution in [0.5, 0.6) is 0 Å². The Morgan fingerprint density at radius 2 is 2.00 bits per heavy atom. The summed E-state index contributed by atoms with van der Waals surface area (Å²) in [7, 11) is 0. The largest absolute Gasteiger partial charge is 0.480 e. The van der Waals surface area contributed by atoms with Crippen LogP contribution in [0.4, 0.5) is 4.79 Å². The molecule has 2 rings (SSSR count). The van der Waals surface area contributed by atoms with Crippen LogP contribution >= 0.6 is 0 Å². The van der Waals surface area contributed by atoms with Crippen LogP contribution in [0.3, 0.4) is 0 Å². The van der Waals surface area contributed by atoms with Crippen LogP contribution in [-0.2, 0) is 4.79 Å². The lowest BCUT2D eigenvalue weighted by molar-refractivity contribution is -0.139. The molecule has 0 aromatic heterocycles. The summed E-state index contributed by atoms with van der Waals surface area (Å²) < 4.78 is 0. The fourth-order valence-electron chi connectivity index (χ4n) is 4.01. The molecule has 0 aromatic carbocycles. The molecule has 2 unspecified atom stereocenters. The van der Waals surface area contributed by atoms with Crippen LogP contribution in [0.1, 0.15) is 59.3 Å². The van der Waals surface area contributed by atoms with E-state index in [0.29, 0.717) is 12.0 Å². The van der Waals surface area contributed by atoms with Crippen molar-refractivity contribution in [3.63, 3.8) is 0 Å². The topological polar surface area (TPSA) is 72.9 Å². The van der Waals surface area contributed by atoms with Crippen LogP contribution in [0.15, 0.2) is 0 Å². The second-order valence-corrected chi connectivity index (χ2v) is 7.37. The second-order valence-electron chi connectivity index (χ2n) is 7.37. The van der Waals surface area contributed by atoms with Crippen LogP contribution < -0.4 is 5.32 Å². The number of rotatable bonds is 7. The molecule has 138 valence electrons. The number of hydrogen-bond acceptors (Lipinski definition) is 3. The first-order valence-electron chi connectivity index (χ1n) is 9.49. The van der Waals surface area contributed by atoms with Gasteiger partial charge in [-0.2, -0.15) is 0 Å². The Balaban J connectivity index is 1.82. The number of piperidine rings is 1. The van der Waals surface area contributed by atoms with Crippen LogP contribution in [-0.4, -0.2) is 64.7 Å². The molecule has 6 nitrogen and oxygen atoms in total. The van der Waals surface area contributed by atoms with Crippen molar-refractivity contribution >= 4 is 12.0 Å². The molecule has 2 aliphatic rings. The number of carbonyl (C=O) groups is 2. The van der Waals surface area contributed by atoms with Gasteiger partial charge in [-0.1, -0.05) is 27.2 Å². The van der Waals surface area contributed by atoms with E-state index in [0.717, 1.165) is 45.2 Å². The Morgan fingerprint density at radius 3 is 2.58 bits per heavy atom. The van der Waals surface area contributed by atoms with E-state index in [1.165, 1.54) is 6.42 Å². The van der Waals surface area contributed by atoms with E-state index in [1.54, 1.807) is 0 Å². The molecule has 24 heavy (non-hydrogen) atoms. The summed E-state index contributed by atoms with van der Waals surface area (Å²) in [6.07, 6.45) is 6.22. The number of urea groups is 1. The number of hydrogen-bond donors (Lipinski definition) is 2. The van der Waals surface area contributed by atoms with Gasteiger partial charge in [-0.15, -0.1) is 0 Å². The first-order chi connectivity index (χ1) is 11.5. The van der Waals surface area contributed by atoms with E-state index < -0.39 is 5.97 Å². The van der Waals surface area contributed by atoms with Gasteiger partial charge in [-0.05, 0) is 44.6 Å². The molecule has 1 saturated carbocycles. The van der Waals surface area contributed by atoms with Gasteiger partial charge in [0.2, 0.25) is 0 Å². The van der Waals surface area contributed by atoms with Gasteiger partial charge < -0.3 is 15.3 Å². The quantitative estimate of drug-likeness (QED) is 0.747. The zero-order valence-corrected chi connectivity index (χ0v) is 15.3. The van der Waals surface area contributed by atoms with Crippen molar-refractivity contribution in [2.75, 3.05) is 19.6 Å². The Morgan fingerprint density at radius 1 is 1.29 bits per heavy atom. The number of nitrogens with one attached hydrogen (secondary N) is 1. The van der Waals surface area contributed by atoms with E-state index in [2.05, 4.69) is 19.2 Å². The van der Waals surface area contributed by atoms with Gasteiger partial charge in [-0.3, -0.25) is 9.69 Å². The van der Waals surface area contributed by atoms with Crippen molar-refractivity contribution in [2.24, 2.45) is 5.92 Å². The minimum atomic E-state index is -0.783. The molecule has 1 aliphatic carbocycles. The lowest BCUT2D eigenvalue weighted by Gasteiger charge is -2.44. The van der Waals surface area contributed by atoms with Gasteiger partial charge in [0, 0.05) is 24.7 Å². The first kappa shape index (κ1) is 19.0. The van der Waals surface area contributed by atoms with Gasteiger partial charge in [0.05, 0.1) is 6.54 Å². The Labute approximate surface area is 145 Å². The number of amides is 2. The lowest BCUT2D eigenvalue weighted by atomic mass is 9.85. The maximum Gasteiger partial charge on any atom is 0.317 e. The van der Waals surface area contributed by atoms with Crippen molar-refractivity contribution in [1.82, 2.24) is 15.1 Å². The molecular weight excluding hydrogens is 306 g/mol. The van der Waals surface area contributed by atoms with Crippen LogP contribution in [0, 0.1) is 5.92 Å². The highest BCUT2D eigenvalue weighted by atomic mass is 16.4. The molecule has 1 aliphatic heterocycles.